The highest BCUT2D eigenvalue weighted by atomic mass is 28.4. The van der Waals surface area contributed by atoms with Gasteiger partial charge in [-0.2, -0.15) is 0 Å². The van der Waals surface area contributed by atoms with Crippen LogP contribution < -0.4 is 0 Å². The summed E-state index contributed by atoms with van der Waals surface area (Å²) >= 11 is 0. The zero-order valence-corrected chi connectivity index (χ0v) is 19.9. The quantitative estimate of drug-likeness (QED) is 0.437. The van der Waals surface area contributed by atoms with Gasteiger partial charge in [-0.3, -0.25) is 0 Å². The van der Waals surface area contributed by atoms with Gasteiger partial charge in [-0.1, -0.05) is 13.3 Å². The molecule has 1 fully saturated rings. The van der Waals surface area contributed by atoms with Gasteiger partial charge < -0.3 is 32.3 Å². The third-order valence-corrected chi connectivity index (χ3v) is 12.5. The fraction of sp³-hybridized carbons (Fsp3) is 1.00. The Hall–Kier alpha value is 0.154. The molecule has 7 nitrogen and oxygen atoms in total. The number of hydrogen-bond donors (Lipinski definition) is 1. The number of aliphatic hydroxyl groups is 1. The number of aliphatic hydroxyl groups excluding tert-OH is 1. The third kappa shape index (κ3) is 6.08. The largest absolute Gasteiger partial charge is 0.399 e. The highest BCUT2D eigenvalue weighted by Crippen LogP contribution is 2.40. The van der Waals surface area contributed by atoms with Crippen molar-refractivity contribution < 1.29 is 32.3 Å². The Morgan fingerprint density at radius 1 is 0.962 bits per heavy atom. The summed E-state index contributed by atoms with van der Waals surface area (Å²) in [6.45, 7) is 8.92. The summed E-state index contributed by atoms with van der Waals surface area (Å²) in [6, 6.07) is 0.932. The summed E-state index contributed by atoms with van der Waals surface area (Å²) in [4.78, 5) is 0. The maximum Gasteiger partial charge on any atom is 0.399 e. The lowest BCUT2D eigenvalue weighted by atomic mass is 10.2. The van der Waals surface area contributed by atoms with Gasteiger partial charge in [-0.05, 0) is 39.3 Å². The molecule has 0 aromatic rings. The summed E-state index contributed by atoms with van der Waals surface area (Å²) < 4.78 is 33.2. The van der Waals surface area contributed by atoms with Crippen LogP contribution in [0.25, 0.3) is 0 Å². The monoisotopic (exact) mass is 412 g/mol. The van der Waals surface area contributed by atoms with E-state index in [0.29, 0.717) is 19.6 Å². The molecule has 1 N–H and O–H groups in total. The molecule has 1 rings (SSSR count). The lowest BCUT2D eigenvalue weighted by molar-refractivity contribution is -0.183. The molecule has 0 aromatic heterocycles. The number of hydrogen-bond acceptors (Lipinski definition) is 7. The molecular weight excluding hydrogens is 372 g/mol. The first-order chi connectivity index (χ1) is 12.3. The minimum atomic E-state index is -2.35. The zero-order valence-electron chi connectivity index (χ0n) is 17.9. The van der Waals surface area contributed by atoms with Gasteiger partial charge in [0.2, 0.25) is 5.41 Å². The summed E-state index contributed by atoms with van der Waals surface area (Å²) in [5, 5.41) is 9.65. The third-order valence-electron chi connectivity index (χ3n) is 5.01. The Morgan fingerprint density at radius 2 is 1.46 bits per heavy atom. The zero-order chi connectivity index (χ0) is 20.3. The van der Waals surface area contributed by atoms with E-state index >= 15 is 0 Å². The molecule has 1 atom stereocenters. The molecule has 0 aromatic carbocycles. The topological polar surface area (TPSA) is 75.6 Å². The van der Waals surface area contributed by atoms with Crippen LogP contribution in [0.2, 0.25) is 12.6 Å². The molecule has 26 heavy (non-hydrogen) atoms. The van der Waals surface area contributed by atoms with E-state index < -0.39 is 28.3 Å². The number of ether oxygens (including phenoxy) is 2. The summed E-state index contributed by atoms with van der Waals surface area (Å²) in [5.74, 6) is 0. The molecule has 1 heterocycles. The Morgan fingerprint density at radius 3 is 1.77 bits per heavy atom. The van der Waals surface area contributed by atoms with Crippen molar-refractivity contribution >= 4 is 17.1 Å². The summed E-state index contributed by atoms with van der Waals surface area (Å²) in [5.41, 5.74) is -1.05. The molecule has 0 spiro atoms. The van der Waals surface area contributed by atoms with Crippen molar-refractivity contribution in [2.24, 2.45) is 0 Å². The maximum absolute atomic E-state index is 9.65. The van der Waals surface area contributed by atoms with E-state index in [1.165, 1.54) is 0 Å². The van der Waals surface area contributed by atoms with Gasteiger partial charge in [-0.25, -0.2) is 0 Å². The average molecular weight is 413 g/mol. The van der Waals surface area contributed by atoms with Crippen molar-refractivity contribution in [3.05, 3.63) is 0 Å². The van der Waals surface area contributed by atoms with E-state index in [2.05, 4.69) is 0 Å². The van der Waals surface area contributed by atoms with Crippen LogP contribution in [-0.4, -0.2) is 75.0 Å². The highest BCUT2D eigenvalue weighted by Gasteiger charge is 2.60. The lowest BCUT2D eigenvalue weighted by Crippen LogP contribution is -2.65. The van der Waals surface area contributed by atoms with Gasteiger partial charge in [0.1, 0.15) is 0 Å². The van der Waals surface area contributed by atoms with E-state index in [-0.39, 0.29) is 0 Å². The van der Waals surface area contributed by atoms with Crippen LogP contribution in [0.15, 0.2) is 0 Å². The average Bonchev–Trinajstić information content (AvgIpc) is 2.67. The number of rotatable bonds is 10. The summed E-state index contributed by atoms with van der Waals surface area (Å²) in [6.07, 6.45) is 3.78. The second kappa shape index (κ2) is 12.6. The smallest absolute Gasteiger partial charge is 0.395 e. The standard InChI is InChI=1S/C9H20O4Si.C8H20O3Si/c1-10-9(11-2)7-5-6-8-14(9,12-3)13-4;1-5-8(9)12(4,10-6-2)11-7-3/h5-8H2,1-4H3;8-9H,5-7H2,1-4H3. The first-order valence-corrected chi connectivity index (χ1v) is 13.9. The van der Waals surface area contributed by atoms with Crippen molar-refractivity contribution in [2.45, 2.75) is 70.2 Å². The van der Waals surface area contributed by atoms with Crippen LogP contribution in [0.4, 0.5) is 0 Å². The molecule has 9 heteroatoms. The van der Waals surface area contributed by atoms with Crippen LogP contribution >= 0.6 is 0 Å². The SMILES string of the molecule is CCO[Si](C)(OCC)C(O)CC.COC1(OC)CCCC[Si]1(OC)OC. The van der Waals surface area contributed by atoms with Crippen molar-refractivity contribution in [3.63, 3.8) is 0 Å². The molecule has 1 aliphatic heterocycles. The predicted octanol–water partition coefficient (Wildman–Crippen LogP) is 2.88. The van der Waals surface area contributed by atoms with Crippen molar-refractivity contribution in [1.82, 2.24) is 0 Å². The Balaban J connectivity index is 0.000000488. The molecule has 0 saturated carbocycles. The van der Waals surface area contributed by atoms with E-state index in [4.69, 9.17) is 27.2 Å². The first-order valence-electron chi connectivity index (χ1n) is 9.47. The molecule has 1 saturated heterocycles. The summed E-state index contributed by atoms with van der Waals surface area (Å²) in [7, 11) is 2.05. The van der Waals surface area contributed by atoms with Gasteiger partial charge in [-0.15, -0.1) is 0 Å². The molecule has 0 aliphatic carbocycles. The lowest BCUT2D eigenvalue weighted by Gasteiger charge is -2.46. The molecule has 1 unspecified atom stereocenters. The van der Waals surface area contributed by atoms with Crippen LogP contribution in [0, 0.1) is 0 Å². The Kier molecular flexibility index (Phi) is 12.7. The first kappa shape index (κ1) is 26.2. The van der Waals surface area contributed by atoms with Crippen molar-refractivity contribution in [2.75, 3.05) is 41.7 Å². The van der Waals surface area contributed by atoms with Crippen LogP contribution in [0.3, 0.4) is 0 Å². The van der Waals surface area contributed by atoms with E-state index in [9.17, 15) is 5.11 Å². The highest BCUT2D eigenvalue weighted by molar-refractivity contribution is 6.70. The van der Waals surface area contributed by atoms with E-state index in [1.807, 2.05) is 27.3 Å². The van der Waals surface area contributed by atoms with Crippen LogP contribution in [0.1, 0.15) is 46.5 Å². The molecule has 158 valence electrons. The molecular formula is C17H40O7Si2. The fourth-order valence-electron chi connectivity index (χ4n) is 3.47. The normalized spacial score (nSPS) is 20.2. The minimum absolute atomic E-state index is 0.419. The second-order valence-corrected chi connectivity index (χ2v) is 13.2. The molecule has 0 radical (unpaired) electrons. The molecule has 0 bridgehead atoms. The van der Waals surface area contributed by atoms with E-state index in [1.54, 1.807) is 28.4 Å². The van der Waals surface area contributed by atoms with Crippen LogP contribution in [-0.2, 0) is 27.2 Å². The van der Waals surface area contributed by atoms with Crippen molar-refractivity contribution in [1.29, 1.82) is 0 Å². The van der Waals surface area contributed by atoms with E-state index in [0.717, 1.165) is 25.3 Å². The van der Waals surface area contributed by atoms with Gasteiger partial charge in [0, 0.05) is 48.1 Å². The van der Waals surface area contributed by atoms with Gasteiger partial charge in [0.15, 0.2) is 0 Å². The Labute approximate surface area is 161 Å². The minimum Gasteiger partial charge on any atom is -0.395 e. The maximum atomic E-state index is 9.65. The Bertz CT molecular complexity index is 337. The van der Waals surface area contributed by atoms with Crippen molar-refractivity contribution in [3.8, 4) is 0 Å². The van der Waals surface area contributed by atoms with Gasteiger partial charge >= 0.3 is 17.1 Å². The second-order valence-electron chi connectivity index (χ2n) is 6.34. The van der Waals surface area contributed by atoms with Crippen LogP contribution in [0.5, 0.6) is 0 Å². The number of methoxy groups -OCH3 is 2. The van der Waals surface area contributed by atoms with Gasteiger partial charge in [0.25, 0.3) is 0 Å². The molecule has 1 aliphatic rings. The van der Waals surface area contributed by atoms with Gasteiger partial charge in [0.05, 0.1) is 5.73 Å². The molecule has 0 amide bonds. The predicted molar refractivity (Wildman–Crippen MR) is 106 cm³/mol. The fourth-order valence-corrected chi connectivity index (χ4v) is 9.30.